The lowest BCUT2D eigenvalue weighted by Gasteiger charge is -2.12. The molecule has 0 aliphatic heterocycles. The molecule has 0 aromatic carbocycles. The molecule has 0 heterocycles. The van der Waals surface area contributed by atoms with Gasteiger partial charge in [0.25, 0.3) is 0 Å². The Morgan fingerprint density at radius 3 is 1.84 bits per heavy atom. The van der Waals surface area contributed by atoms with Crippen molar-refractivity contribution in [2.24, 2.45) is 11.7 Å². The zero-order valence-electron chi connectivity index (χ0n) is 17.6. The highest BCUT2D eigenvalue weighted by Gasteiger charge is 2.03. The third-order valence-electron chi connectivity index (χ3n) is 4.88. The van der Waals surface area contributed by atoms with Crippen molar-refractivity contribution in [1.82, 2.24) is 0 Å². The van der Waals surface area contributed by atoms with Gasteiger partial charge < -0.3 is 5.73 Å². The molecular weight excluding hydrogens is 302 g/mol. The Morgan fingerprint density at radius 1 is 0.640 bits per heavy atom. The number of nitrogens with two attached hydrogens (primary N) is 1. The normalized spacial score (nSPS) is 13.5. The van der Waals surface area contributed by atoms with E-state index >= 15 is 0 Å². The minimum absolute atomic E-state index is 0.441. The SMILES string of the molecule is CCCCCC=CCC=CCCCCCCCC(N)CCCC(C)C. The van der Waals surface area contributed by atoms with Crippen molar-refractivity contribution in [2.75, 3.05) is 0 Å². The maximum absolute atomic E-state index is 6.20. The molecule has 148 valence electrons. The van der Waals surface area contributed by atoms with Crippen LogP contribution in [-0.4, -0.2) is 6.04 Å². The maximum Gasteiger partial charge on any atom is 0.00388 e. The van der Waals surface area contributed by atoms with E-state index in [1.54, 1.807) is 0 Å². The molecule has 1 heteroatoms. The van der Waals surface area contributed by atoms with Gasteiger partial charge in [-0.25, -0.2) is 0 Å². The molecule has 2 N–H and O–H groups in total. The van der Waals surface area contributed by atoms with E-state index in [0.717, 1.165) is 12.3 Å². The Hall–Kier alpha value is -0.560. The summed E-state index contributed by atoms with van der Waals surface area (Å²) in [5, 5.41) is 0. The van der Waals surface area contributed by atoms with Crippen molar-refractivity contribution in [3.05, 3.63) is 24.3 Å². The number of rotatable bonds is 18. The number of unbranched alkanes of at least 4 members (excludes halogenated alkanes) is 8. The van der Waals surface area contributed by atoms with Crippen molar-refractivity contribution >= 4 is 0 Å². The molecule has 0 fully saturated rings. The second-order valence-electron chi connectivity index (χ2n) is 8.10. The van der Waals surface area contributed by atoms with Crippen LogP contribution in [0, 0.1) is 5.92 Å². The summed E-state index contributed by atoms with van der Waals surface area (Å²) in [4.78, 5) is 0. The Morgan fingerprint density at radius 2 is 1.20 bits per heavy atom. The monoisotopic (exact) mass is 349 g/mol. The zero-order chi connectivity index (χ0) is 18.6. The van der Waals surface area contributed by atoms with Gasteiger partial charge in [-0.1, -0.05) is 96.4 Å². The summed E-state index contributed by atoms with van der Waals surface area (Å²) in [5.74, 6) is 0.822. The lowest BCUT2D eigenvalue weighted by molar-refractivity contribution is 0.464. The highest BCUT2D eigenvalue weighted by molar-refractivity contribution is 4.92. The van der Waals surface area contributed by atoms with E-state index in [-0.39, 0.29) is 0 Å². The summed E-state index contributed by atoms with van der Waals surface area (Å²) in [6.07, 6.45) is 28.8. The molecule has 25 heavy (non-hydrogen) atoms. The number of hydrogen-bond donors (Lipinski definition) is 1. The van der Waals surface area contributed by atoms with Crippen LogP contribution in [0.3, 0.4) is 0 Å². The first-order valence-corrected chi connectivity index (χ1v) is 11.2. The second kappa shape index (κ2) is 19.8. The lowest BCUT2D eigenvalue weighted by atomic mass is 9.99. The molecule has 1 unspecified atom stereocenters. The van der Waals surface area contributed by atoms with Crippen molar-refractivity contribution in [3.8, 4) is 0 Å². The van der Waals surface area contributed by atoms with Gasteiger partial charge >= 0.3 is 0 Å². The van der Waals surface area contributed by atoms with Crippen LogP contribution >= 0.6 is 0 Å². The summed E-state index contributed by atoms with van der Waals surface area (Å²) in [7, 11) is 0. The molecule has 0 aliphatic carbocycles. The fraction of sp³-hybridized carbons (Fsp3) is 0.833. The topological polar surface area (TPSA) is 26.0 Å². The Kier molecular flexibility index (Phi) is 19.3. The second-order valence-corrected chi connectivity index (χ2v) is 8.10. The average Bonchev–Trinajstić information content (AvgIpc) is 2.58. The van der Waals surface area contributed by atoms with Gasteiger partial charge in [-0.3, -0.25) is 0 Å². The van der Waals surface area contributed by atoms with Gasteiger partial charge in [0.2, 0.25) is 0 Å². The van der Waals surface area contributed by atoms with Gasteiger partial charge in [-0.05, 0) is 50.9 Å². The number of hydrogen-bond acceptors (Lipinski definition) is 1. The Balaban J connectivity index is 3.26. The van der Waals surface area contributed by atoms with Gasteiger partial charge in [-0.15, -0.1) is 0 Å². The summed E-state index contributed by atoms with van der Waals surface area (Å²) in [6, 6.07) is 0.441. The van der Waals surface area contributed by atoms with Crippen molar-refractivity contribution in [3.63, 3.8) is 0 Å². The molecule has 0 amide bonds. The molecule has 0 radical (unpaired) electrons. The average molecular weight is 350 g/mol. The van der Waals surface area contributed by atoms with E-state index in [2.05, 4.69) is 45.1 Å². The third kappa shape index (κ3) is 21.4. The van der Waals surface area contributed by atoms with Crippen LogP contribution in [0.15, 0.2) is 24.3 Å². The van der Waals surface area contributed by atoms with E-state index in [1.165, 1.54) is 89.9 Å². The van der Waals surface area contributed by atoms with Gasteiger partial charge in [0.1, 0.15) is 0 Å². The van der Waals surface area contributed by atoms with Gasteiger partial charge in [0, 0.05) is 6.04 Å². The van der Waals surface area contributed by atoms with Gasteiger partial charge in [0.15, 0.2) is 0 Å². The summed E-state index contributed by atoms with van der Waals surface area (Å²) in [6.45, 7) is 6.86. The first-order valence-electron chi connectivity index (χ1n) is 11.2. The molecule has 0 aromatic rings. The van der Waals surface area contributed by atoms with Crippen LogP contribution in [0.4, 0.5) is 0 Å². The van der Waals surface area contributed by atoms with E-state index in [4.69, 9.17) is 5.73 Å². The van der Waals surface area contributed by atoms with Crippen LogP contribution in [0.25, 0.3) is 0 Å². The fourth-order valence-electron chi connectivity index (χ4n) is 3.15. The van der Waals surface area contributed by atoms with Crippen molar-refractivity contribution in [2.45, 2.75) is 123 Å². The van der Waals surface area contributed by atoms with E-state index < -0.39 is 0 Å². The van der Waals surface area contributed by atoms with E-state index in [9.17, 15) is 0 Å². The summed E-state index contributed by atoms with van der Waals surface area (Å²) in [5.41, 5.74) is 6.20. The predicted molar refractivity (Wildman–Crippen MR) is 116 cm³/mol. The molecule has 0 spiro atoms. The first-order chi connectivity index (χ1) is 12.2. The van der Waals surface area contributed by atoms with Crippen LogP contribution in [0.2, 0.25) is 0 Å². The molecule has 0 saturated carbocycles. The Bertz CT molecular complexity index is 303. The number of allylic oxidation sites excluding steroid dienone is 4. The summed E-state index contributed by atoms with van der Waals surface area (Å²) < 4.78 is 0. The quantitative estimate of drug-likeness (QED) is 0.197. The molecule has 0 rings (SSSR count). The minimum Gasteiger partial charge on any atom is -0.328 e. The molecular formula is C24H47N. The highest BCUT2D eigenvalue weighted by Crippen LogP contribution is 2.13. The fourth-order valence-corrected chi connectivity index (χ4v) is 3.15. The van der Waals surface area contributed by atoms with Crippen LogP contribution < -0.4 is 5.73 Å². The summed E-state index contributed by atoms with van der Waals surface area (Å²) >= 11 is 0. The van der Waals surface area contributed by atoms with Gasteiger partial charge in [-0.2, -0.15) is 0 Å². The third-order valence-corrected chi connectivity index (χ3v) is 4.88. The maximum atomic E-state index is 6.20. The molecule has 1 atom stereocenters. The van der Waals surface area contributed by atoms with Crippen LogP contribution in [-0.2, 0) is 0 Å². The van der Waals surface area contributed by atoms with Crippen LogP contribution in [0.1, 0.15) is 117 Å². The first kappa shape index (κ1) is 24.4. The minimum atomic E-state index is 0.441. The van der Waals surface area contributed by atoms with Crippen LogP contribution in [0.5, 0.6) is 0 Å². The molecule has 0 bridgehead atoms. The highest BCUT2D eigenvalue weighted by atomic mass is 14.6. The Labute approximate surface area is 159 Å². The van der Waals surface area contributed by atoms with Crippen molar-refractivity contribution < 1.29 is 0 Å². The molecule has 0 aliphatic rings. The molecule has 1 nitrogen and oxygen atoms in total. The van der Waals surface area contributed by atoms with E-state index in [1.807, 2.05) is 0 Å². The largest absolute Gasteiger partial charge is 0.328 e. The van der Waals surface area contributed by atoms with Crippen molar-refractivity contribution in [1.29, 1.82) is 0 Å². The predicted octanol–water partition coefficient (Wildman–Crippen LogP) is 7.95. The molecule has 0 aromatic heterocycles. The zero-order valence-corrected chi connectivity index (χ0v) is 17.6. The van der Waals surface area contributed by atoms with E-state index in [0.29, 0.717) is 6.04 Å². The van der Waals surface area contributed by atoms with Gasteiger partial charge in [0.05, 0.1) is 0 Å². The molecule has 0 saturated heterocycles. The standard InChI is InChI=1S/C24H47N/c1-4-5-6-7-8-9-10-11-12-13-14-15-16-17-18-21-24(25)22-19-20-23(2)3/h8-9,11-12,23-24H,4-7,10,13-22,25H2,1-3H3. The smallest absolute Gasteiger partial charge is 0.00388 e. The lowest BCUT2D eigenvalue weighted by Crippen LogP contribution is -2.19.